The summed E-state index contributed by atoms with van der Waals surface area (Å²) in [4.78, 5) is 12.3. The molecule has 1 radical (unpaired) electrons. The second-order valence-corrected chi connectivity index (χ2v) is 22.6. The Morgan fingerprint density at radius 1 is 0.780 bits per heavy atom. The maximum Gasteiger partial charge on any atom is 0.162 e. The number of pyridine rings is 1. The zero-order valence-electron chi connectivity index (χ0n) is 39.0. The smallest absolute Gasteiger partial charge is 0.162 e. The minimum atomic E-state index is -0.0119. The monoisotopic (exact) mass is 994 g/mol. The van der Waals surface area contributed by atoms with Crippen molar-refractivity contribution in [1.29, 1.82) is 0 Å². The van der Waals surface area contributed by atoms with E-state index in [4.69, 9.17) is 0 Å². The van der Waals surface area contributed by atoms with Crippen LogP contribution in [0.1, 0.15) is 146 Å². The molecular formula is C54H74IrNO2S-. The summed E-state index contributed by atoms with van der Waals surface area (Å²) < 4.78 is 4.82. The number of ketones is 1. The van der Waals surface area contributed by atoms with Gasteiger partial charge in [0.1, 0.15) is 0 Å². The molecular weight excluding hydrogens is 919 g/mol. The van der Waals surface area contributed by atoms with Gasteiger partial charge in [0.15, 0.2) is 5.78 Å². The van der Waals surface area contributed by atoms with Gasteiger partial charge in [-0.2, -0.15) is 12.5 Å². The average Bonchev–Trinajstić information content (AvgIpc) is 3.45. The van der Waals surface area contributed by atoms with Crippen LogP contribution in [0.15, 0.2) is 72.6 Å². The van der Waals surface area contributed by atoms with Crippen LogP contribution in [0.4, 0.5) is 0 Å². The first kappa shape index (κ1) is 48.6. The first-order chi connectivity index (χ1) is 26.8. The van der Waals surface area contributed by atoms with Crippen molar-refractivity contribution in [3.63, 3.8) is 0 Å². The van der Waals surface area contributed by atoms with E-state index < -0.39 is 0 Å². The fraction of sp³-hybridized carbons (Fsp3) is 0.519. The third kappa shape index (κ3) is 10.5. The average molecular weight is 993 g/mol. The van der Waals surface area contributed by atoms with Crippen molar-refractivity contribution in [1.82, 2.24) is 0 Å². The van der Waals surface area contributed by atoms with Crippen LogP contribution in [0.2, 0.25) is 0 Å². The Kier molecular flexibility index (Phi) is 15.2. The molecule has 1 aliphatic rings. The van der Waals surface area contributed by atoms with Gasteiger partial charge in [0.25, 0.3) is 0 Å². The number of thiophene rings is 1. The second kappa shape index (κ2) is 18.5. The fourth-order valence-electron chi connectivity index (χ4n) is 11.0. The van der Waals surface area contributed by atoms with Crippen LogP contribution >= 0.6 is 11.3 Å². The molecule has 323 valence electrons. The normalized spacial score (nSPS) is 16.2. The van der Waals surface area contributed by atoms with Crippen molar-refractivity contribution in [2.45, 2.75) is 134 Å². The SMILES string of the molecule is CC(C)C(C(=O)/C=C(\O)C(C(C)C)C(C)C)C(C)C.[CH2-]c1c(-c2c3sc4c(C5CC(C)(C)CC(C)(C)C5)cccc4c3cc[n+]2[CH2-])cc(C(C)(C)C)c2ccccc12.[Ir]. The number of carbonyl (C=O) groups excluding carboxylic acids is 1. The third-order valence-corrected chi connectivity index (χ3v) is 14.0. The molecule has 3 nitrogen and oxygen atoms in total. The number of aliphatic hydroxyl groups is 1. The van der Waals surface area contributed by atoms with Crippen molar-refractivity contribution in [3.8, 4) is 11.3 Å². The quantitative estimate of drug-likeness (QED) is 0.0692. The Hall–Kier alpha value is -3.11. The number of hydrogen-bond donors (Lipinski definition) is 1. The minimum absolute atomic E-state index is 0. The summed E-state index contributed by atoms with van der Waals surface area (Å²) in [5.74, 6) is 2.20. The van der Waals surface area contributed by atoms with Gasteiger partial charge < -0.3 is 9.67 Å². The standard InChI is InChI=1S/C37H42NS.C17H32O2.Ir/c1-23-25-13-10-11-14-27(25)31(35(2,3)4)19-30(23)32-34-29(17-18-38(32)9)28-16-12-15-26(33(28)39-34)24-20-36(5,6)22-37(7,8)21-24;1-10(2)16(11(3)4)14(18)9-15(19)17(12(5)6)13(7)8;/h10-19,24H,1,9,20-22H2,2-8H3;9-13,16-18H,1-8H3;/q-1;;/b;14-9-;. The number of allylic oxidation sites excluding steroid dienone is 2. The van der Waals surface area contributed by atoms with Gasteiger partial charge in [0.05, 0.1) is 17.6 Å². The number of hydrogen-bond acceptors (Lipinski definition) is 3. The molecule has 3 aromatic carbocycles. The van der Waals surface area contributed by atoms with Crippen molar-refractivity contribution >= 4 is 48.1 Å². The molecule has 1 saturated carbocycles. The van der Waals surface area contributed by atoms with E-state index >= 15 is 0 Å². The van der Waals surface area contributed by atoms with E-state index in [1.807, 2.05) is 11.3 Å². The van der Waals surface area contributed by atoms with Crippen LogP contribution < -0.4 is 4.57 Å². The van der Waals surface area contributed by atoms with E-state index in [9.17, 15) is 9.90 Å². The van der Waals surface area contributed by atoms with Crippen LogP contribution in [0.5, 0.6) is 0 Å². The number of fused-ring (bicyclic) bond motifs is 4. The molecule has 0 saturated heterocycles. The molecule has 5 heteroatoms. The van der Waals surface area contributed by atoms with E-state index in [0.717, 1.165) is 5.56 Å². The molecule has 0 amide bonds. The largest absolute Gasteiger partial charge is 0.512 e. The predicted molar refractivity (Wildman–Crippen MR) is 253 cm³/mol. The fourth-order valence-corrected chi connectivity index (χ4v) is 12.5. The first-order valence-corrected chi connectivity index (χ1v) is 22.7. The Balaban J connectivity index is 0.000000329. The summed E-state index contributed by atoms with van der Waals surface area (Å²) in [6, 6.07) is 20.4. The van der Waals surface area contributed by atoms with Gasteiger partial charge in [-0.05, 0) is 87.5 Å². The Morgan fingerprint density at radius 2 is 1.29 bits per heavy atom. The van der Waals surface area contributed by atoms with Crippen LogP contribution in [0, 0.1) is 60.3 Å². The van der Waals surface area contributed by atoms with Crippen LogP contribution in [-0.4, -0.2) is 10.9 Å². The van der Waals surface area contributed by atoms with Crippen molar-refractivity contribution in [2.24, 2.45) is 46.3 Å². The zero-order chi connectivity index (χ0) is 43.2. The molecule has 59 heavy (non-hydrogen) atoms. The Bertz CT molecular complexity index is 2260. The van der Waals surface area contributed by atoms with Crippen LogP contribution in [-0.2, 0) is 30.3 Å². The van der Waals surface area contributed by atoms with E-state index in [2.05, 4.69) is 183 Å². The van der Waals surface area contributed by atoms with Gasteiger partial charge in [0.2, 0.25) is 0 Å². The molecule has 1 fully saturated rings. The molecule has 2 aromatic heterocycles. The predicted octanol–water partition coefficient (Wildman–Crippen LogP) is 15.5. The molecule has 0 bridgehead atoms. The van der Waals surface area contributed by atoms with E-state index in [-0.39, 0.29) is 48.9 Å². The molecule has 1 aliphatic carbocycles. The van der Waals surface area contributed by atoms with Gasteiger partial charge in [-0.15, -0.1) is 34.4 Å². The summed E-state index contributed by atoms with van der Waals surface area (Å²) >= 11 is 1.96. The number of carbonyl (C=O) groups is 1. The van der Waals surface area contributed by atoms with Gasteiger partial charge in [-0.25, -0.2) is 0 Å². The van der Waals surface area contributed by atoms with Crippen molar-refractivity contribution < 1.29 is 34.6 Å². The number of aliphatic hydroxyl groups excluding tert-OH is 1. The Labute approximate surface area is 375 Å². The number of aromatic nitrogens is 1. The molecule has 5 aromatic rings. The molecule has 0 unspecified atom stereocenters. The second-order valence-electron chi connectivity index (χ2n) is 21.6. The molecule has 0 spiro atoms. The van der Waals surface area contributed by atoms with Crippen molar-refractivity contribution in [3.05, 3.63) is 103 Å². The van der Waals surface area contributed by atoms with Gasteiger partial charge in [-0.3, -0.25) is 4.79 Å². The summed E-state index contributed by atoms with van der Waals surface area (Å²) in [7, 11) is 4.48. The number of benzene rings is 3. The van der Waals surface area contributed by atoms with E-state index in [1.165, 1.54) is 78.7 Å². The molecule has 2 heterocycles. The summed E-state index contributed by atoms with van der Waals surface area (Å²) in [5, 5.41) is 15.5. The van der Waals surface area contributed by atoms with Crippen LogP contribution in [0.25, 0.3) is 42.2 Å². The van der Waals surface area contributed by atoms with E-state index in [0.29, 0.717) is 40.4 Å². The number of rotatable bonds is 9. The van der Waals surface area contributed by atoms with Crippen molar-refractivity contribution in [2.75, 3.05) is 0 Å². The van der Waals surface area contributed by atoms with Gasteiger partial charge >= 0.3 is 0 Å². The molecule has 1 N–H and O–H groups in total. The molecule has 0 aliphatic heterocycles. The summed E-state index contributed by atoms with van der Waals surface area (Å²) in [6.07, 6.45) is 7.39. The maximum atomic E-state index is 12.3. The summed E-state index contributed by atoms with van der Waals surface area (Å²) in [6.45, 7) is 38.0. The maximum absolute atomic E-state index is 12.3. The molecule has 6 rings (SSSR count). The molecule has 0 atom stereocenters. The summed E-state index contributed by atoms with van der Waals surface area (Å²) in [5.41, 5.74) is 7.03. The third-order valence-electron chi connectivity index (χ3n) is 12.8. The van der Waals surface area contributed by atoms with E-state index in [1.54, 1.807) is 0 Å². The topological polar surface area (TPSA) is 41.2 Å². The minimum Gasteiger partial charge on any atom is -0.512 e. The zero-order valence-corrected chi connectivity index (χ0v) is 42.2. The van der Waals surface area contributed by atoms with Gasteiger partial charge in [-0.1, -0.05) is 151 Å². The first-order valence-electron chi connectivity index (χ1n) is 21.9. The van der Waals surface area contributed by atoms with Gasteiger partial charge in [0, 0.05) is 54.5 Å². The number of nitrogens with zero attached hydrogens (tertiary/aromatic N) is 1. The van der Waals surface area contributed by atoms with Crippen LogP contribution in [0.3, 0.4) is 0 Å². The Morgan fingerprint density at radius 3 is 1.81 bits per heavy atom.